The molecule has 7 heteroatoms. The average Bonchev–Trinajstić information content (AvgIpc) is 3.50. The summed E-state index contributed by atoms with van der Waals surface area (Å²) in [6.45, 7) is 0. The average molecular weight is 462 g/mol. The molecule has 0 aliphatic carbocycles. The third-order valence-electron chi connectivity index (χ3n) is 5.43. The zero-order valence-electron chi connectivity index (χ0n) is 18.3. The Bertz CT molecular complexity index is 1530. The Morgan fingerprint density at radius 1 is 0.971 bits per heavy atom. The molecule has 34 heavy (non-hydrogen) atoms. The fourth-order valence-electron chi connectivity index (χ4n) is 3.80. The van der Waals surface area contributed by atoms with Gasteiger partial charge in [0.25, 0.3) is 5.91 Å². The van der Waals surface area contributed by atoms with E-state index in [9.17, 15) is 10.1 Å². The number of aromatic nitrogens is 3. The molecule has 3 aromatic carbocycles. The maximum Gasteiger partial charge on any atom is 0.258 e. The number of thiazole rings is 1. The van der Waals surface area contributed by atoms with E-state index in [1.54, 1.807) is 18.3 Å². The van der Waals surface area contributed by atoms with Crippen molar-refractivity contribution in [3.05, 3.63) is 102 Å². The van der Waals surface area contributed by atoms with Crippen LogP contribution in [-0.2, 0) is 7.05 Å². The van der Waals surface area contributed by atoms with E-state index in [0.29, 0.717) is 27.4 Å². The van der Waals surface area contributed by atoms with Crippen molar-refractivity contribution in [1.82, 2.24) is 14.5 Å². The van der Waals surface area contributed by atoms with E-state index in [-0.39, 0.29) is 5.91 Å². The molecule has 2 heterocycles. The molecule has 0 fully saturated rings. The quantitative estimate of drug-likeness (QED) is 0.348. The monoisotopic (exact) mass is 461 g/mol. The van der Waals surface area contributed by atoms with Gasteiger partial charge >= 0.3 is 0 Å². The van der Waals surface area contributed by atoms with Gasteiger partial charge in [0.15, 0.2) is 11.0 Å². The molecule has 164 valence electrons. The van der Waals surface area contributed by atoms with Crippen LogP contribution in [0.4, 0.5) is 5.13 Å². The lowest BCUT2D eigenvalue weighted by atomic mass is 9.95. The Morgan fingerprint density at radius 2 is 1.68 bits per heavy atom. The number of aryl methyl sites for hydroxylation is 1. The zero-order valence-corrected chi connectivity index (χ0v) is 19.1. The molecule has 0 atom stereocenters. The normalized spacial score (nSPS) is 10.6. The van der Waals surface area contributed by atoms with Crippen LogP contribution in [0.3, 0.4) is 0 Å². The van der Waals surface area contributed by atoms with Crippen molar-refractivity contribution in [3.8, 4) is 39.2 Å². The van der Waals surface area contributed by atoms with Gasteiger partial charge in [0.1, 0.15) is 0 Å². The lowest BCUT2D eigenvalue weighted by Crippen LogP contribution is -2.13. The molecule has 0 aliphatic heterocycles. The van der Waals surface area contributed by atoms with Crippen LogP contribution in [0.5, 0.6) is 0 Å². The molecule has 5 aromatic rings. The number of imidazole rings is 1. The molecule has 0 aliphatic rings. The Balaban J connectivity index is 1.55. The van der Waals surface area contributed by atoms with Crippen LogP contribution in [0, 0.1) is 11.3 Å². The predicted molar refractivity (Wildman–Crippen MR) is 134 cm³/mol. The van der Waals surface area contributed by atoms with Gasteiger partial charge in [0, 0.05) is 36.1 Å². The topological polar surface area (TPSA) is 83.6 Å². The van der Waals surface area contributed by atoms with Gasteiger partial charge in [-0.05, 0) is 17.7 Å². The summed E-state index contributed by atoms with van der Waals surface area (Å²) in [5.41, 5.74) is 4.11. The number of anilines is 1. The van der Waals surface area contributed by atoms with Crippen LogP contribution in [0.2, 0.25) is 0 Å². The molecule has 2 aromatic heterocycles. The highest BCUT2D eigenvalue weighted by Gasteiger charge is 2.21. The van der Waals surface area contributed by atoms with E-state index in [1.807, 2.05) is 84.5 Å². The molecule has 5 rings (SSSR count). The number of carbonyl (C=O) groups excluding carboxylic acids is 1. The lowest BCUT2D eigenvalue weighted by molar-refractivity contribution is 0.102. The van der Waals surface area contributed by atoms with Gasteiger partial charge in [-0.15, -0.1) is 0 Å². The number of carbonyl (C=O) groups is 1. The van der Waals surface area contributed by atoms with Crippen LogP contribution < -0.4 is 5.32 Å². The van der Waals surface area contributed by atoms with Gasteiger partial charge in [-0.25, -0.2) is 9.97 Å². The Kier molecular flexibility index (Phi) is 5.73. The zero-order chi connectivity index (χ0) is 23.5. The SMILES string of the molecule is Cn1ccnc1-c1sc(NC(=O)c2ccccc2-c2ccccc2C#N)nc1-c1ccccc1. The number of benzene rings is 3. The van der Waals surface area contributed by atoms with Crippen molar-refractivity contribution in [2.24, 2.45) is 7.05 Å². The smallest absolute Gasteiger partial charge is 0.258 e. The van der Waals surface area contributed by atoms with Gasteiger partial charge in [0.05, 0.1) is 22.2 Å². The summed E-state index contributed by atoms with van der Waals surface area (Å²) in [5, 5.41) is 13.0. The first-order valence-electron chi connectivity index (χ1n) is 10.6. The first-order valence-corrected chi connectivity index (χ1v) is 11.4. The van der Waals surface area contributed by atoms with Gasteiger partial charge in [-0.3, -0.25) is 10.1 Å². The van der Waals surface area contributed by atoms with E-state index >= 15 is 0 Å². The van der Waals surface area contributed by atoms with E-state index < -0.39 is 0 Å². The molecule has 0 saturated carbocycles. The third-order valence-corrected chi connectivity index (χ3v) is 6.40. The number of amides is 1. The summed E-state index contributed by atoms with van der Waals surface area (Å²) >= 11 is 1.38. The minimum atomic E-state index is -0.289. The number of nitriles is 1. The fraction of sp³-hybridized carbons (Fsp3) is 0.0370. The number of nitrogens with one attached hydrogen (secondary N) is 1. The number of hydrogen-bond donors (Lipinski definition) is 1. The molecule has 1 N–H and O–H groups in total. The van der Waals surface area contributed by atoms with E-state index in [0.717, 1.165) is 22.0 Å². The highest BCUT2D eigenvalue weighted by Crippen LogP contribution is 2.38. The van der Waals surface area contributed by atoms with Crippen LogP contribution in [0.25, 0.3) is 33.1 Å². The van der Waals surface area contributed by atoms with Crippen LogP contribution in [-0.4, -0.2) is 20.4 Å². The fourth-order valence-corrected chi connectivity index (χ4v) is 4.82. The molecule has 0 bridgehead atoms. The maximum atomic E-state index is 13.4. The second kappa shape index (κ2) is 9.14. The molecule has 0 saturated heterocycles. The third kappa shape index (κ3) is 3.98. The summed E-state index contributed by atoms with van der Waals surface area (Å²) < 4.78 is 1.93. The van der Waals surface area contributed by atoms with E-state index in [1.165, 1.54) is 11.3 Å². The summed E-state index contributed by atoms with van der Waals surface area (Å²) in [6.07, 6.45) is 3.62. The molecular formula is C27H19N5OS. The van der Waals surface area contributed by atoms with Crippen molar-refractivity contribution in [1.29, 1.82) is 5.26 Å². The first kappa shape index (κ1) is 21.3. The molecule has 0 radical (unpaired) electrons. The molecule has 0 unspecified atom stereocenters. The van der Waals surface area contributed by atoms with Gasteiger partial charge in [-0.1, -0.05) is 78.1 Å². The lowest BCUT2D eigenvalue weighted by Gasteiger charge is -2.10. The van der Waals surface area contributed by atoms with Crippen LogP contribution >= 0.6 is 11.3 Å². The summed E-state index contributed by atoms with van der Waals surface area (Å²) in [4.78, 5) is 23.5. The molecule has 1 amide bonds. The van der Waals surface area contributed by atoms with Crippen molar-refractivity contribution >= 4 is 22.4 Å². The first-order chi connectivity index (χ1) is 16.7. The maximum absolute atomic E-state index is 13.4. The second-order valence-corrected chi connectivity index (χ2v) is 8.58. The van der Waals surface area contributed by atoms with Gasteiger partial charge in [0.2, 0.25) is 0 Å². The highest BCUT2D eigenvalue weighted by molar-refractivity contribution is 7.19. The van der Waals surface area contributed by atoms with Crippen molar-refractivity contribution in [3.63, 3.8) is 0 Å². The molecule has 0 spiro atoms. The van der Waals surface area contributed by atoms with Crippen molar-refractivity contribution in [2.75, 3.05) is 5.32 Å². The number of nitrogens with zero attached hydrogens (tertiary/aromatic N) is 4. The molecular weight excluding hydrogens is 442 g/mol. The van der Waals surface area contributed by atoms with Crippen LogP contribution in [0.15, 0.2) is 91.3 Å². The number of hydrogen-bond acceptors (Lipinski definition) is 5. The Morgan fingerprint density at radius 3 is 2.41 bits per heavy atom. The largest absolute Gasteiger partial charge is 0.333 e. The summed E-state index contributed by atoms with van der Waals surface area (Å²) in [7, 11) is 1.93. The predicted octanol–water partition coefficient (Wildman–Crippen LogP) is 6.00. The van der Waals surface area contributed by atoms with E-state index in [2.05, 4.69) is 16.4 Å². The van der Waals surface area contributed by atoms with Crippen LogP contribution in [0.1, 0.15) is 15.9 Å². The minimum Gasteiger partial charge on any atom is -0.333 e. The van der Waals surface area contributed by atoms with Gasteiger partial charge in [-0.2, -0.15) is 5.26 Å². The highest BCUT2D eigenvalue weighted by atomic mass is 32.1. The summed E-state index contributed by atoms with van der Waals surface area (Å²) in [5.74, 6) is 0.489. The Labute approximate surface area is 200 Å². The number of rotatable bonds is 5. The van der Waals surface area contributed by atoms with Crippen molar-refractivity contribution in [2.45, 2.75) is 0 Å². The Hall–Kier alpha value is -4.54. The van der Waals surface area contributed by atoms with Crippen molar-refractivity contribution < 1.29 is 4.79 Å². The standard InChI is InChI=1S/C27H19N5OS/c1-32-16-15-29-25(32)24-23(18-9-3-2-4-10-18)30-27(34-24)31-26(33)22-14-8-7-13-21(22)20-12-6-5-11-19(20)17-28/h2-16H,1H3,(H,30,31,33). The minimum absolute atomic E-state index is 0.289. The molecule has 6 nitrogen and oxygen atoms in total. The van der Waals surface area contributed by atoms with Gasteiger partial charge < -0.3 is 4.57 Å². The van der Waals surface area contributed by atoms with E-state index in [4.69, 9.17) is 4.98 Å². The second-order valence-electron chi connectivity index (χ2n) is 7.58. The summed E-state index contributed by atoms with van der Waals surface area (Å²) in [6, 6.07) is 26.6.